The van der Waals surface area contributed by atoms with Crippen LogP contribution in [-0.4, -0.2) is 38.2 Å². The van der Waals surface area contributed by atoms with Gasteiger partial charge in [0.15, 0.2) is 11.6 Å². The van der Waals surface area contributed by atoms with Crippen molar-refractivity contribution in [1.82, 2.24) is 9.55 Å². The lowest BCUT2D eigenvalue weighted by molar-refractivity contribution is -0.138. The third kappa shape index (κ3) is 2.42. The first-order chi connectivity index (χ1) is 9.73. The molecular formula is C12H14N4O5. The molecule has 1 aromatic rings. The first-order valence-corrected chi connectivity index (χ1v) is 6.16. The van der Waals surface area contributed by atoms with Crippen LogP contribution >= 0.6 is 0 Å². The number of fused-ring (bicyclic) bond motifs is 1. The second kappa shape index (κ2) is 5.09. The topological polar surface area (TPSA) is 158 Å². The molecule has 0 amide bonds. The number of nitrogens with zero attached hydrogens (tertiary/aromatic N) is 2. The monoisotopic (exact) mass is 294 g/mol. The number of nitrogen functional groups attached to an aromatic ring is 1. The van der Waals surface area contributed by atoms with Gasteiger partial charge in [-0.1, -0.05) is 0 Å². The van der Waals surface area contributed by atoms with Crippen molar-refractivity contribution in [3.8, 4) is 0 Å². The van der Waals surface area contributed by atoms with E-state index < -0.39 is 35.1 Å². The number of carbonyl (C=O) groups excluding carboxylic acids is 2. The van der Waals surface area contributed by atoms with Crippen molar-refractivity contribution < 1.29 is 19.5 Å². The lowest BCUT2D eigenvalue weighted by atomic mass is 9.81. The second-order valence-electron chi connectivity index (χ2n) is 4.93. The summed E-state index contributed by atoms with van der Waals surface area (Å²) in [5, 5.41) is 8.78. The van der Waals surface area contributed by atoms with Gasteiger partial charge in [0.2, 0.25) is 5.95 Å². The Kier molecular flexibility index (Phi) is 3.60. The zero-order chi connectivity index (χ0) is 15.9. The third-order valence-corrected chi connectivity index (χ3v) is 3.49. The molecule has 112 valence electrons. The molecule has 1 aliphatic carbocycles. The fourth-order valence-electron chi connectivity index (χ4n) is 2.26. The third-order valence-electron chi connectivity index (χ3n) is 3.49. The standard InChI is InChI=1S/C12H14N4O5/c1-16-10(19)7-8(15-12(16)14)6(17)3-4(9(7)18)2-5(13)11(20)21/h4-5H,2-3,13H2,1H3,(H2,14,15)(H,20,21). The number of hydrogen-bond acceptors (Lipinski definition) is 7. The summed E-state index contributed by atoms with van der Waals surface area (Å²) >= 11 is 0. The maximum absolute atomic E-state index is 12.3. The highest BCUT2D eigenvalue weighted by Gasteiger charge is 2.38. The number of nitrogens with two attached hydrogens (primary N) is 2. The highest BCUT2D eigenvalue weighted by molar-refractivity contribution is 6.13. The SMILES string of the molecule is Cn1c(N)nc2c(c1=O)C(=O)C(CC(N)C(=O)O)CC2=O. The van der Waals surface area contributed by atoms with Gasteiger partial charge < -0.3 is 16.6 Å². The average molecular weight is 294 g/mol. The van der Waals surface area contributed by atoms with Crippen molar-refractivity contribution in [1.29, 1.82) is 0 Å². The van der Waals surface area contributed by atoms with E-state index in [9.17, 15) is 19.2 Å². The van der Waals surface area contributed by atoms with Gasteiger partial charge in [0.05, 0.1) is 0 Å². The summed E-state index contributed by atoms with van der Waals surface area (Å²) < 4.78 is 0.962. The predicted molar refractivity (Wildman–Crippen MR) is 70.9 cm³/mol. The maximum Gasteiger partial charge on any atom is 0.320 e. The highest BCUT2D eigenvalue weighted by atomic mass is 16.4. The van der Waals surface area contributed by atoms with Gasteiger partial charge in [0, 0.05) is 19.4 Å². The Morgan fingerprint density at radius 3 is 2.67 bits per heavy atom. The molecule has 0 bridgehead atoms. The van der Waals surface area contributed by atoms with Crippen LogP contribution in [0.5, 0.6) is 0 Å². The number of carboxylic acids is 1. The number of rotatable bonds is 3. The fourth-order valence-corrected chi connectivity index (χ4v) is 2.26. The van der Waals surface area contributed by atoms with Crippen LogP contribution in [0.4, 0.5) is 5.95 Å². The van der Waals surface area contributed by atoms with Crippen LogP contribution in [0.3, 0.4) is 0 Å². The summed E-state index contributed by atoms with van der Waals surface area (Å²) in [6.45, 7) is 0. The molecule has 2 atom stereocenters. The van der Waals surface area contributed by atoms with Gasteiger partial charge in [-0.05, 0) is 6.42 Å². The lowest BCUT2D eigenvalue weighted by Gasteiger charge is -2.23. The fraction of sp³-hybridized carbons (Fsp3) is 0.417. The molecular weight excluding hydrogens is 280 g/mol. The van der Waals surface area contributed by atoms with E-state index in [4.69, 9.17) is 16.6 Å². The predicted octanol–water partition coefficient (Wildman–Crippen LogP) is -1.45. The average Bonchev–Trinajstić information content (AvgIpc) is 2.41. The summed E-state index contributed by atoms with van der Waals surface area (Å²) in [5.41, 5.74) is 9.57. The minimum absolute atomic E-state index is 0.166. The Labute approximate surface area is 118 Å². The molecule has 1 aromatic heterocycles. The van der Waals surface area contributed by atoms with Crippen molar-refractivity contribution in [2.45, 2.75) is 18.9 Å². The molecule has 1 heterocycles. The molecule has 0 aliphatic heterocycles. The molecule has 0 saturated heterocycles. The smallest absolute Gasteiger partial charge is 0.320 e. The van der Waals surface area contributed by atoms with Crippen LogP contribution in [0, 0.1) is 5.92 Å². The van der Waals surface area contributed by atoms with Gasteiger partial charge in [-0.25, -0.2) is 4.98 Å². The molecule has 0 fully saturated rings. The van der Waals surface area contributed by atoms with Gasteiger partial charge in [0.1, 0.15) is 17.3 Å². The molecule has 21 heavy (non-hydrogen) atoms. The van der Waals surface area contributed by atoms with Gasteiger partial charge in [-0.3, -0.25) is 23.7 Å². The van der Waals surface area contributed by atoms with E-state index in [-0.39, 0.29) is 30.0 Å². The molecule has 0 radical (unpaired) electrons. The number of anilines is 1. The highest BCUT2D eigenvalue weighted by Crippen LogP contribution is 2.25. The minimum Gasteiger partial charge on any atom is -0.480 e. The Bertz CT molecular complexity index is 708. The van der Waals surface area contributed by atoms with Crippen LogP contribution < -0.4 is 17.0 Å². The van der Waals surface area contributed by atoms with Crippen LogP contribution in [0.2, 0.25) is 0 Å². The molecule has 2 unspecified atom stereocenters. The van der Waals surface area contributed by atoms with Gasteiger partial charge in [0.25, 0.3) is 5.56 Å². The van der Waals surface area contributed by atoms with E-state index >= 15 is 0 Å². The van der Waals surface area contributed by atoms with Crippen LogP contribution in [-0.2, 0) is 11.8 Å². The number of aliphatic carboxylic acids is 1. The maximum atomic E-state index is 12.3. The summed E-state index contributed by atoms with van der Waals surface area (Å²) in [6.07, 6.45) is -0.445. The van der Waals surface area contributed by atoms with Crippen molar-refractivity contribution in [3.63, 3.8) is 0 Å². The molecule has 9 nitrogen and oxygen atoms in total. The number of carboxylic acid groups (broad SMARTS) is 1. The van der Waals surface area contributed by atoms with Gasteiger partial charge in [-0.15, -0.1) is 0 Å². The van der Waals surface area contributed by atoms with E-state index in [2.05, 4.69) is 4.98 Å². The number of Topliss-reactive ketones (excluding diaryl/α,β-unsaturated/α-hetero) is 2. The van der Waals surface area contributed by atoms with Gasteiger partial charge >= 0.3 is 5.97 Å². The number of aromatic nitrogens is 2. The molecule has 2 rings (SSSR count). The van der Waals surface area contributed by atoms with Crippen LogP contribution in [0.25, 0.3) is 0 Å². The number of carbonyl (C=O) groups is 3. The van der Waals surface area contributed by atoms with Crippen molar-refractivity contribution in [3.05, 3.63) is 21.6 Å². The van der Waals surface area contributed by atoms with E-state index in [1.165, 1.54) is 7.05 Å². The summed E-state index contributed by atoms with van der Waals surface area (Å²) in [5.74, 6) is -3.51. The largest absolute Gasteiger partial charge is 0.480 e. The molecule has 9 heteroatoms. The quantitative estimate of drug-likeness (QED) is 0.610. The summed E-state index contributed by atoms with van der Waals surface area (Å²) in [6, 6.07) is -1.28. The van der Waals surface area contributed by atoms with Crippen LogP contribution in [0.15, 0.2) is 4.79 Å². The van der Waals surface area contributed by atoms with E-state index in [1.54, 1.807) is 0 Å². The Morgan fingerprint density at radius 2 is 2.10 bits per heavy atom. The van der Waals surface area contributed by atoms with Crippen LogP contribution in [0.1, 0.15) is 33.7 Å². The Hall–Kier alpha value is -2.55. The summed E-state index contributed by atoms with van der Waals surface area (Å²) in [7, 11) is 1.33. The first-order valence-electron chi connectivity index (χ1n) is 6.16. The number of ketones is 2. The van der Waals surface area contributed by atoms with E-state index in [1.807, 2.05) is 0 Å². The lowest BCUT2D eigenvalue weighted by Crippen LogP contribution is -2.41. The second-order valence-corrected chi connectivity index (χ2v) is 4.93. The van der Waals surface area contributed by atoms with Crippen molar-refractivity contribution in [2.24, 2.45) is 18.7 Å². The zero-order valence-corrected chi connectivity index (χ0v) is 11.2. The van der Waals surface area contributed by atoms with E-state index in [0.717, 1.165) is 4.57 Å². The molecule has 0 saturated carbocycles. The minimum atomic E-state index is -1.28. The molecule has 5 N–H and O–H groups in total. The molecule has 1 aliphatic rings. The first kappa shape index (κ1) is 14.9. The number of hydrogen-bond donors (Lipinski definition) is 3. The van der Waals surface area contributed by atoms with Gasteiger partial charge in [-0.2, -0.15) is 0 Å². The Balaban J connectivity index is 2.48. The van der Waals surface area contributed by atoms with Crippen molar-refractivity contribution >= 4 is 23.5 Å². The zero-order valence-electron chi connectivity index (χ0n) is 11.2. The summed E-state index contributed by atoms with van der Waals surface area (Å²) in [4.78, 5) is 50.9. The molecule has 0 aromatic carbocycles. The molecule has 0 spiro atoms. The normalized spacial score (nSPS) is 19.2. The van der Waals surface area contributed by atoms with E-state index in [0.29, 0.717) is 0 Å². The Morgan fingerprint density at radius 1 is 1.48 bits per heavy atom. The van der Waals surface area contributed by atoms with Crippen molar-refractivity contribution in [2.75, 3.05) is 5.73 Å².